The molecule has 2 N–H and O–H groups in total. The van der Waals surface area contributed by atoms with Crippen molar-refractivity contribution in [2.24, 2.45) is 5.73 Å². The van der Waals surface area contributed by atoms with Gasteiger partial charge in [0.15, 0.2) is 0 Å². The lowest BCUT2D eigenvalue weighted by Gasteiger charge is -2.17. The fraction of sp³-hybridized carbons (Fsp3) is 0.455. The van der Waals surface area contributed by atoms with Gasteiger partial charge in [0.2, 0.25) is 0 Å². The molecule has 0 radical (unpaired) electrons. The molecule has 76 valence electrons. The summed E-state index contributed by atoms with van der Waals surface area (Å²) in [5.41, 5.74) is 7.16. The molecule has 1 aliphatic rings. The molecule has 0 aliphatic heterocycles. The molecular weight excluding hydrogens is 261 g/mol. The van der Waals surface area contributed by atoms with E-state index in [1.54, 1.807) is 0 Å². The van der Waals surface area contributed by atoms with E-state index < -0.39 is 0 Å². The van der Waals surface area contributed by atoms with Gasteiger partial charge in [-0.3, -0.25) is 0 Å². The van der Waals surface area contributed by atoms with Crippen molar-refractivity contribution in [3.8, 4) is 0 Å². The average molecular weight is 275 g/mol. The molecule has 1 aromatic rings. The van der Waals surface area contributed by atoms with Crippen LogP contribution in [0.4, 0.5) is 0 Å². The van der Waals surface area contributed by atoms with Crippen LogP contribution < -0.4 is 5.73 Å². The molecule has 1 fully saturated rings. The predicted octanol–water partition coefficient (Wildman–Crippen LogP) is 3.48. The molecule has 1 saturated carbocycles. The Kier molecular flexibility index (Phi) is 2.87. The lowest BCUT2D eigenvalue weighted by molar-refractivity contribution is 0.626. The van der Waals surface area contributed by atoms with Crippen molar-refractivity contribution < 1.29 is 0 Å². The van der Waals surface area contributed by atoms with Crippen LogP contribution in [0, 0.1) is 0 Å². The van der Waals surface area contributed by atoms with Crippen LogP contribution >= 0.6 is 27.5 Å². The van der Waals surface area contributed by atoms with Gasteiger partial charge >= 0.3 is 0 Å². The van der Waals surface area contributed by atoms with E-state index in [0.717, 1.165) is 22.5 Å². The van der Waals surface area contributed by atoms with Gasteiger partial charge in [0.25, 0.3) is 0 Å². The van der Waals surface area contributed by atoms with E-state index in [4.69, 9.17) is 17.3 Å². The van der Waals surface area contributed by atoms with Gasteiger partial charge in [-0.25, -0.2) is 0 Å². The maximum Gasteiger partial charge on any atom is 0.0454 e. The van der Waals surface area contributed by atoms with Crippen molar-refractivity contribution in [1.82, 2.24) is 0 Å². The van der Waals surface area contributed by atoms with Crippen LogP contribution in [0.5, 0.6) is 0 Å². The van der Waals surface area contributed by atoms with E-state index in [1.165, 1.54) is 18.4 Å². The molecule has 0 atom stereocenters. The van der Waals surface area contributed by atoms with Crippen molar-refractivity contribution in [2.75, 3.05) is 6.54 Å². The summed E-state index contributed by atoms with van der Waals surface area (Å²) in [4.78, 5) is 0. The van der Waals surface area contributed by atoms with Gasteiger partial charge in [0.1, 0.15) is 0 Å². The van der Waals surface area contributed by atoms with E-state index in [2.05, 4.69) is 22.0 Å². The largest absolute Gasteiger partial charge is 0.330 e. The van der Waals surface area contributed by atoms with E-state index in [0.29, 0.717) is 0 Å². The Morgan fingerprint density at radius 2 is 2.14 bits per heavy atom. The number of benzene rings is 1. The van der Waals surface area contributed by atoms with E-state index in [9.17, 15) is 0 Å². The molecule has 1 nitrogen and oxygen atoms in total. The van der Waals surface area contributed by atoms with E-state index in [-0.39, 0.29) is 5.41 Å². The molecule has 0 bridgehead atoms. The molecule has 14 heavy (non-hydrogen) atoms. The Morgan fingerprint density at radius 1 is 1.43 bits per heavy atom. The standard InChI is InChI=1S/C11H13BrClN/c12-8-2-1-3-9(13)10(8)11(4-5-11)6-7-14/h1-3H,4-7,14H2. The monoisotopic (exact) mass is 273 g/mol. The fourth-order valence-corrected chi connectivity index (χ4v) is 3.33. The molecule has 1 aromatic carbocycles. The number of hydrogen-bond donors (Lipinski definition) is 1. The van der Waals surface area contributed by atoms with Crippen LogP contribution in [0.1, 0.15) is 24.8 Å². The summed E-state index contributed by atoms with van der Waals surface area (Å²) < 4.78 is 1.12. The van der Waals surface area contributed by atoms with Crippen molar-refractivity contribution in [3.63, 3.8) is 0 Å². The molecule has 0 spiro atoms. The summed E-state index contributed by atoms with van der Waals surface area (Å²) in [6, 6.07) is 5.98. The van der Waals surface area contributed by atoms with Crippen LogP contribution in [0.15, 0.2) is 22.7 Å². The molecular formula is C11H13BrClN. The maximum absolute atomic E-state index is 6.22. The normalized spacial score (nSPS) is 18.2. The van der Waals surface area contributed by atoms with Gasteiger partial charge in [0.05, 0.1) is 0 Å². The van der Waals surface area contributed by atoms with Crippen molar-refractivity contribution in [2.45, 2.75) is 24.7 Å². The average Bonchev–Trinajstić information content (AvgIpc) is 2.86. The van der Waals surface area contributed by atoms with Gasteiger partial charge in [-0.1, -0.05) is 33.6 Å². The summed E-state index contributed by atoms with van der Waals surface area (Å²) in [6.45, 7) is 0.734. The van der Waals surface area contributed by atoms with Gasteiger partial charge in [0, 0.05) is 9.50 Å². The van der Waals surface area contributed by atoms with E-state index >= 15 is 0 Å². The molecule has 2 rings (SSSR count). The molecule has 0 heterocycles. The smallest absolute Gasteiger partial charge is 0.0454 e. The summed E-state index contributed by atoms with van der Waals surface area (Å²) >= 11 is 9.79. The second kappa shape index (κ2) is 3.84. The van der Waals surface area contributed by atoms with Crippen LogP contribution in [0.3, 0.4) is 0 Å². The minimum atomic E-state index is 0.270. The van der Waals surface area contributed by atoms with Gasteiger partial charge < -0.3 is 5.73 Å². The van der Waals surface area contributed by atoms with Crippen LogP contribution in [-0.2, 0) is 5.41 Å². The SMILES string of the molecule is NCCC1(c2c(Cl)cccc2Br)CC1. The van der Waals surface area contributed by atoms with Crippen molar-refractivity contribution in [1.29, 1.82) is 0 Å². The predicted molar refractivity (Wildman–Crippen MR) is 63.7 cm³/mol. The maximum atomic E-state index is 6.22. The summed E-state index contributed by atoms with van der Waals surface area (Å²) in [6.07, 6.45) is 3.47. The zero-order chi connectivity index (χ0) is 10.2. The highest BCUT2D eigenvalue weighted by atomic mass is 79.9. The Bertz CT molecular complexity index is 327. The molecule has 0 amide bonds. The number of halogens is 2. The van der Waals surface area contributed by atoms with E-state index in [1.807, 2.05) is 12.1 Å². The number of nitrogens with two attached hydrogens (primary N) is 1. The second-order valence-electron chi connectivity index (χ2n) is 3.92. The van der Waals surface area contributed by atoms with Crippen LogP contribution in [0.2, 0.25) is 5.02 Å². The summed E-state index contributed by atoms with van der Waals surface area (Å²) in [5.74, 6) is 0. The number of hydrogen-bond acceptors (Lipinski definition) is 1. The Labute approximate surface area is 97.8 Å². The van der Waals surface area contributed by atoms with Crippen LogP contribution in [0.25, 0.3) is 0 Å². The first-order valence-corrected chi connectivity index (χ1v) is 6.01. The van der Waals surface area contributed by atoms with Gasteiger partial charge in [-0.05, 0) is 48.9 Å². The molecule has 0 unspecified atom stereocenters. The first kappa shape index (κ1) is 10.5. The molecule has 3 heteroatoms. The molecule has 0 saturated heterocycles. The third-order valence-electron chi connectivity index (χ3n) is 2.97. The minimum absolute atomic E-state index is 0.270. The Balaban J connectivity index is 2.40. The third kappa shape index (κ3) is 1.71. The lowest BCUT2D eigenvalue weighted by atomic mass is 9.92. The zero-order valence-electron chi connectivity index (χ0n) is 7.89. The highest BCUT2D eigenvalue weighted by Crippen LogP contribution is 2.54. The Morgan fingerprint density at radius 3 is 2.64 bits per heavy atom. The molecule has 1 aliphatic carbocycles. The van der Waals surface area contributed by atoms with Gasteiger partial charge in [-0.2, -0.15) is 0 Å². The fourth-order valence-electron chi connectivity index (χ4n) is 2.06. The van der Waals surface area contributed by atoms with Crippen LogP contribution in [-0.4, -0.2) is 6.54 Å². The highest BCUT2D eigenvalue weighted by Gasteiger charge is 2.45. The first-order chi connectivity index (χ1) is 6.69. The highest BCUT2D eigenvalue weighted by molar-refractivity contribution is 9.10. The first-order valence-electron chi connectivity index (χ1n) is 4.84. The Hall–Kier alpha value is -0.0500. The van der Waals surface area contributed by atoms with Gasteiger partial charge in [-0.15, -0.1) is 0 Å². The quantitative estimate of drug-likeness (QED) is 0.897. The van der Waals surface area contributed by atoms with Crippen molar-refractivity contribution in [3.05, 3.63) is 33.3 Å². The second-order valence-corrected chi connectivity index (χ2v) is 5.18. The summed E-state index contributed by atoms with van der Waals surface area (Å²) in [5, 5.41) is 0.866. The van der Waals surface area contributed by atoms with Crippen molar-refractivity contribution >= 4 is 27.5 Å². The summed E-state index contributed by atoms with van der Waals surface area (Å²) in [7, 11) is 0. The zero-order valence-corrected chi connectivity index (χ0v) is 10.2. The topological polar surface area (TPSA) is 26.0 Å². The lowest BCUT2D eigenvalue weighted by Crippen LogP contribution is -2.14. The number of rotatable bonds is 3. The minimum Gasteiger partial charge on any atom is -0.330 e. The molecule has 0 aromatic heterocycles. The third-order valence-corrected chi connectivity index (χ3v) is 3.95.